The van der Waals surface area contributed by atoms with Crippen molar-refractivity contribution >= 4 is 27.3 Å². The zero-order valence-corrected chi connectivity index (χ0v) is 17.7. The third-order valence-electron chi connectivity index (χ3n) is 5.14. The van der Waals surface area contributed by atoms with E-state index in [-0.39, 0.29) is 11.4 Å². The molecule has 1 aliphatic heterocycles. The number of hydrogen-bond acceptors (Lipinski definition) is 6. The van der Waals surface area contributed by atoms with Crippen LogP contribution in [0, 0.1) is 10.1 Å². The van der Waals surface area contributed by atoms with Crippen LogP contribution in [0.15, 0.2) is 41.0 Å². The molecule has 0 bridgehead atoms. The first kappa shape index (κ1) is 19.8. The molecular weight excluding hydrogens is 438 g/mol. The number of nitrogens with zero attached hydrogens (tertiary/aromatic N) is 4. The number of nitrogens with one attached hydrogen (secondary N) is 1. The van der Waals surface area contributed by atoms with Crippen molar-refractivity contribution in [2.45, 2.75) is 13.0 Å². The van der Waals surface area contributed by atoms with Gasteiger partial charge in [0.15, 0.2) is 5.75 Å². The number of benzene rings is 1. The normalized spacial score (nSPS) is 15.4. The van der Waals surface area contributed by atoms with Crippen LogP contribution in [-0.2, 0) is 6.54 Å². The minimum atomic E-state index is -0.422. The van der Waals surface area contributed by atoms with Crippen LogP contribution in [0.4, 0.5) is 5.69 Å². The molecule has 3 heterocycles. The summed E-state index contributed by atoms with van der Waals surface area (Å²) in [5, 5.41) is 14.9. The van der Waals surface area contributed by atoms with E-state index < -0.39 is 4.92 Å². The summed E-state index contributed by atoms with van der Waals surface area (Å²) >= 11 is 3.54. The van der Waals surface area contributed by atoms with E-state index in [0.29, 0.717) is 12.1 Å². The van der Waals surface area contributed by atoms with Gasteiger partial charge in [-0.3, -0.25) is 15.0 Å². The van der Waals surface area contributed by atoms with Gasteiger partial charge in [0.05, 0.1) is 23.4 Å². The molecule has 152 valence electrons. The van der Waals surface area contributed by atoms with Crippen LogP contribution in [0.25, 0.3) is 16.9 Å². The van der Waals surface area contributed by atoms with Crippen LogP contribution in [0.3, 0.4) is 0 Å². The monoisotopic (exact) mass is 459 g/mol. The van der Waals surface area contributed by atoms with Gasteiger partial charge in [0.25, 0.3) is 0 Å². The van der Waals surface area contributed by atoms with Crippen molar-refractivity contribution in [2.24, 2.45) is 0 Å². The lowest BCUT2D eigenvalue weighted by Gasteiger charge is -2.20. The molecular formula is C20H22BrN5O3. The molecule has 2 aromatic heterocycles. The maximum atomic E-state index is 11.5. The van der Waals surface area contributed by atoms with E-state index in [4.69, 9.17) is 9.72 Å². The number of fused-ring (bicyclic) bond motifs is 1. The standard InChI is InChI=1S/C20H22BrN5O3/c1-29-18-5-3-14(11-16(18)26(27)28)20-17(13-24-9-2-7-22-8-10-24)25-12-15(21)4-6-19(25)23-20/h3-6,11-12,22H,2,7-10,13H2,1H3. The highest BCUT2D eigenvalue weighted by molar-refractivity contribution is 9.10. The Balaban J connectivity index is 1.83. The third kappa shape index (κ3) is 4.12. The molecule has 0 atom stereocenters. The number of halogens is 1. The zero-order chi connectivity index (χ0) is 20.4. The van der Waals surface area contributed by atoms with Crippen LogP contribution in [0.5, 0.6) is 5.75 Å². The Morgan fingerprint density at radius 1 is 1.28 bits per heavy atom. The first-order valence-electron chi connectivity index (χ1n) is 9.49. The maximum absolute atomic E-state index is 11.5. The number of ether oxygens (including phenoxy) is 1. The van der Waals surface area contributed by atoms with Gasteiger partial charge in [0.1, 0.15) is 5.65 Å². The third-order valence-corrected chi connectivity index (χ3v) is 5.61. The predicted octanol–water partition coefficient (Wildman–Crippen LogP) is 3.48. The molecule has 1 N–H and O–H groups in total. The van der Waals surface area contributed by atoms with Gasteiger partial charge in [0.2, 0.25) is 0 Å². The largest absolute Gasteiger partial charge is 0.490 e. The Hall–Kier alpha value is -2.49. The number of rotatable bonds is 5. The summed E-state index contributed by atoms with van der Waals surface area (Å²) < 4.78 is 8.16. The lowest BCUT2D eigenvalue weighted by atomic mass is 10.1. The lowest BCUT2D eigenvalue weighted by Crippen LogP contribution is -2.28. The molecule has 4 rings (SSSR count). The van der Waals surface area contributed by atoms with E-state index in [1.807, 2.05) is 24.4 Å². The van der Waals surface area contributed by atoms with Crippen LogP contribution in [0.2, 0.25) is 0 Å². The maximum Gasteiger partial charge on any atom is 0.311 e. The van der Waals surface area contributed by atoms with Gasteiger partial charge in [-0.15, -0.1) is 0 Å². The summed E-state index contributed by atoms with van der Waals surface area (Å²) in [5.41, 5.74) is 3.23. The number of aromatic nitrogens is 2. The molecule has 0 amide bonds. The summed E-state index contributed by atoms with van der Waals surface area (Å²) in [6.07, 6.45) is 3.08. The molecule has 0 unspecified atom stereocenters. The zero-order valence-electron chi connectivity index (χ0n) is 16.1. The van der Waals surface area contributed by atoms with Crippen LogP contribution in [0.1, 0.15) is 12.1 Å². The summed E-state index contributed by atoms with van der Waals surface area (Å²) in [5.74, 6) is 0.241. The molecule has 8 nitrogen and oxygen atoms in total. The summed E-state index contributed by atoms with van der Waals surface area (Å²) in [6, 6.07) is 8.90. The summed E-state index contributed by atoms with van der Waals surface area (Å²) in [4.78, 5) is 18.3. The van der Waals surface area contributed by atoms with Gasteiger partial charge in [-0.1, -0.05) is 0 Å². The smallest absolute Gasteiger partial charge is 0.311 e. The van der Waals surface area contributed by atoms with Crippen molar-refractivity contribution in [3.8, 4) is 17.0 Å². The van der Waals surface area contributed by atoms with Gasteiger partial charge in [-0.05, 0) is 59.7 Å². The summed E-state index contributed by atoms with van der Waals surface area (Å²) in [7, 11) is 1.43. The van der Waals surface area contributed by atoms with Crippen LogP contribution >= 0.6 is 15.9 Å². The Morgan fingerprint density at radius 3 is 2.93 bits per heavy atom. The molecule has 1 aromatic carbocycles. The van der Waals surface area contributed by atoms with Crippen molar-refractivity contribution < 1.29 is 9.66 Å². The van der Waals surface area contributed by atoms with Crippen LogP contribution < -0.4 is 10.1 Å². The highest BCUT2D eigenvalue weighted by atomic mass is 79.9. The number of imidazole rings is 1. The quantitative estimate of drug-likeness (QED) is 0.464. The Morgan fingerprint density at radius 2 is 2.14 bits per heavy atom. The number of pyridine rings is 1. The minimum absolute atomic E-state index is 0.0619. The summed E-state index contributed by atoms with van der Waals surface area (Å²) in [6.45, 7) is 4.63. The van der Waals surface area contributed by atoms with Crippen LogP contribution in [-0.4, -0.2) is 52.5 Å². The molecule has 1 saturated heterocycles. The van der Waals surface area contributed by atoms with E-state index in [2.05, 4.69) is 30.5 Å². The topological polar surface area (TPSA) is 84.9 Å². The van der Waals surface area contributed by atoms with Gasteiger partial charge in [-0.2, -0.15) is 0 Å². The van der Waals surface area contributed by atoms with Crippen molar-refractivity contribution in [3.63, 3.8) is 0 Å². The fraction of sp³-hybridized carbons (Fsp3) is 0.350. The van der Waals surface area contributed by atoms with Gasteiger partial charge in [-0.25, -0.2) is 4.98 Å². The van der Waals surface area contributed by atoms with Crippen molar-refractivity contribution in [2.75, 3.05) is 33.3 Å². The van der Waals surface area contributed by atoms with Gasteiger partial charge < -0.3 is 14.5 Å². The molecule has 0 radical (unpaired) electrons. The first-order chi connectivity index (χ1) is 14.1. The Bertz CT molecular complexity index is 1040. The molecule has 0 aliphatic carbocycles. The Kier molecular flexibility index (Phi) is 5.79. The SMILES string of the molecule is COc1ccc(-c2nc3ccc(Br)cn3c2CN2CCCNCC2)cc1[N+](=O)[O-]. The van der Waals surface area contributed by atoms with E-state index in [1.54, 1.807) is 12.1 Å². The van der Waals surface area contributed by atoms with E-state index in [0.717, 1.165) is 54.1 Å². The highest BCUT2D eigenvalue weighted by Crippen LogP contribution is 2.34. The molecule has 3 aromatic rings. The Labute approximate surface area is 176 Å². The highest BCUT2D eigenvalue weighted by Gasteiger charge is 2.22. The predicted molar refractivity (Wildman–Crippen MR) is 114 cm³/mol. The van der Waals surface area contributed by atoms with Crippen molar-refractivity contribution in [1.82, 2.24) is 19.6 Å². The second-order valence-corrected chi connectivity index (χ2v) is 7.92. The minimum Gasteiger partial charge on any atom is -0.490 e. The first-order valence-corrected chi connectivity index (χ1v) is 10.3. The number of hydrogen-bond donors (Lipinski definition) is 1. The fourth-order valence-corrected chi connectivity index (χ4v) is 4.04. The fourth-order valence-electron chi connectivity index (χ4n) is 3.70. The average molecular weight is 460 g/mol. The number of nitro groups is 1. The molecule has 9 heteroatoms. The number of methoxy groups -OCH3 is 1. The molecule has 0 saturated carbocycles. The van der Waals surface area contributed by atoms with E-state index in [1.165, 1.54) is 7.11 Å². The molecule has 29 heavy (non-hydrogen) atoms. The molecule has 0 spiro atoms. The molecule has 1 fully saturated rings. The van der Waals surface area contributed by atoms with E-state index >= 15 is 0 Å². The lowest BCUT2D eigenvalue weighted by molar-refractivity contribution is -0.385. The number of nitro benzene ring substituents is 1. The second-order valence-electron chi connectivity index (χ2n) is 7.01. The average Bonchev–Trinajstić information content (AvgIpc) is 2.88. The van der Waals surface area contributed by atoms with Gasteiger partial charge in [0, 0.05) is 41.9 Å². The van der Waals surface area contributed by atoms with E-state index in [9.17, 15) is 10.1 Å². The molecule has 1 aliphatic rings. The van der Waals surface area contributed by atoms with Crippen molar-refractivity contribution in [3.05, 3.63) is 56.8 Å². The van der Waals surface area contributed by atoms with Gasteiger partial charge >= 0.3 is 5.69 Å². The van der Waals surface area contributed by atoms with Crippen molar-refractivity contribution in [1.29, 1.82) is 0 Å². The second kappa shape index (κ2) is 8.48.